The van der Waals surface area contributed by atoms with Gasteiger partial charge in [0, 0.05) is 0 Å². The van der Waals surface area contributed by atoms with Gasteiger partial charge in [-0.2, -0.15) is 5.26 Å². The highest BCUT2D eigenvalue weighted by Crippen LogP contribution is 2.09. The summed E-state index contributed by atoms with van der Waals surface area (Å²) in [5.74, 6) is -0.638. The fourth-order valence-corrected chi connectivity index (χ4v) is 0.925. The second-order valence-corrected chi connectivity index (χ2v) is 2.63. The highest BCUT2D eigenvalue weighted by molar-refractivity contribution is 5.80. The molecule has 1 aromatic heterocycles. The first-order valence-corrected chi connectivity index (χ1v) is 3.65. The van der Waals surface area contributed by atoms with E-state index in [-0.39, 0.29) is 5.78 Å². The molecule has 0 aromatic carbocycles. The molecule has 0 aliphatic heterocycles. The minimum atomic E-state index is -0.539. The van der Waals surface area contributed by atoms with Gasteiger partial charge in [-0.25, -0.2) is 0 Å². The van der Waals surface area contributed by atoms with E-state index in [0.29, 0.717) is 6.42 Å². The number of carbonyl (C=O) groups is 1. The zero-order valence-corrected chi connectivity index (χ0v) is 6.78. The molecule has 0 radical (unpaired) electrons. The van der Waals surface area contributed by atoms with Gasteiger partial charge in [0.05, 0.1) is 18.6 Å². The average molecular weight is 163 g/mol. The summed E-state index contributed by atoms with van der Waals surface area (Å²) in [6.45, 7) is 1.42. The van der Waals surface area contributed by atoms with Crippen LogP contribution in [-0.4, -0.2) is 5.78 Å². The molecule has 1 aromatic rings. The monoisotopic (exact) mass is 163 g/mol. The number of rotatable bonds is 3. The van der Waals surface area contributed by atoms with Crippen LogP contribution in [-0.2, 0) is 11.2 Å². The third-order valence-corrected chi connectivity index (χ3v) is 1.67. The second-order valence-electron chi connectivity index (χ2n) is 2.63. The van der Waals surface area contributed by atoms with E-state index in [4.69, 9.17) is 9.68 Å². The van der Waals surface area contributed by atoms with E-state index >= 15 is 0 Å². The van der Waals surface area contributed by atoms with E-state index in [1.807, 2.05) is 6.07 Å². The third-order valence-electron chi connectivity index (χ3n) is 1.67. The van der Waals surface area contributed by atoms with Crippen molar-refractivity contribution in [2.45, 2.75) is 13.3 Å². The number of hydrogen-bond acceptors (Lipinski definition) is 3. The normalized spacial score (nSPS) is 12.0. The lowest BCUT2D eigenvalue weighted by atomic mass is 9.99. The Balaban J connectivity index is 2.62. The molecule has 3 heteroatoms. The lowest BCUT2D eigenvalue weighted by Gasteiger charge is -2.00. The number of carbonyl (C=O) groups excluding carboxylic acids is 1. The third kappa shape index (κ3) is 1.96. The molecular formula is C9H9NO2. The molecule has 62 valence electrons. The minimum Gasteiger partial charge on any atom is -0.472 e. The second kappa shape index (κ2) is 3.72. The van der Waals surface area contributed by atoms with Gasteiger partial charge in [-0.1, -0.05) is 0 Å². The van der Waals surface area contributed by atoms with E-state index in [1.165, 1.54) is 13.2 Å². The van der Waals surface area contributed by atoms with Crippen LogP contribution in [0.15, 0.2) is 23.0 Å². The van der Waals surface area contributed by atoms with Gasteiger partial charge >= 0.3 is 0 Å². The summed E-state index contributed by atoms with van der Waals surface area (Å²) in [6.07, 6.45) is 3.53. The van der Waals surface area contributed by atoms with E-state index in [0.717, 1.165) is 5.56 Å². The highest BCUT2D eigenvalue weighted by Gasteiger charge is 2.13. The summed E-state index contributed by atoms with van der Waals surface area (Å²) in [4.78, 5) is 10.8. The lowest BCUT2D eigenvalue weighted by Crippen LogP contribution is -2.10. The molecule has 0 saturated heterocycles. The van der Waals surface area contributed by atoms with Crippen LogP contribution in [0.5, 0.6) is 0 Å². The van der Waals surface area contributed by atoms with Crippen LogP contribution < -0.4 is 0 Å². The van der Waals surface area contributed by atoms with Gasteiger partial charge in [-0.05, 0) is 25.0 Å². The Bertz CT molecular complexity index is 295. The number of hydrogen-bond donors (Lipinski definition) is 0. The molecule has 1 unspecified atom stereocenters. The summed E-state index contributed by atoms with van der Waals surface area (Å²) in [5.41, 5.74) is 0.886. The van der Waals surface area contributed by atoms with Crippen molar-refractivity contribution in [2.24, 2.45) is 5.92 Å². The Kier molecular flexibility index (Phi) is 2.65. The summed E-state index contributed by atoms with van der Waals surface area (Å²) in [6, 6.07) is 3.71. The van der Waals surface area contributed by atoms with Crippen LogP contribution in [0.2, 0.25) is 0 Å². The predicted octanol–water partition coefficient (Wildman–Crippen LogP) is 1.55. The first-order chi connectivity index (χ1) is 5.74. The summed E-state index contributed by atoms with van der Waals surface area (Å²) < 4.78 is 4.82. The predicted molar refractivity (Wildman–Crippen MR) is 42.2 cm³/mol. The van der Waals surface area contributed by atoms with Crippen LogP contribution in [0, 0.1) is 17.2 Å². The standard InChI is InChI=1S/C9H9NO2/c1-7(11)9(5-10)4-8-2-3-12-6-8/h2-3,6,9H,4H2,1H3. The molecule has 0 fully saturated rings. The van der Waals surface area contributed by atoms with Gasteiger partial charge in [-0.3, -0.25) is 4.79 Å². The van der Waals surface area contributed by atoms with E-state index in [9.17, 15) is 4.79 Å². The SMILES string of the molecule is CC(=O)C(C#N)Cc1ccoc1. The Morgan fingerprint density at radius 3 is 3.00 bits per heavy atom. The van der Waals surface area contributed by atoms with Crippen LogP contribution in [0.1, 0.15) is 12.5 Å². The van der Waals surface area contributed by atoms with Crippen molar-refractivity contribution >= 4 is 5.78 Å². The molecule has 0 amide bonds. The van der Waals surface area contributed by atoms with Crippen molar-refractivity contribution < 1.29 is 9.21 Å². The van der Waals surface area contributed by atoms with Crippen molar-refractivity contribution in [3.05, 3.63) is 24.2 Å². The van der Waals surface area contributed by atoms with E-state index < -0.39 is 5.92 Å². The number of nitrogens with zero attached hydrogens (tertiary/aromatic N) is 1. The maximum absolute atomic E-state index is 10.8. The molecule has 3 nitrogen and oxygen atoms in total. The van der Waals surface area contributed by atoms with Gasteiger partial charge in [0.15, 0.2) is 0 Å². The summed E-state index contributed by atoms with van der Waals surface area (Å²) in [5, 5.41) is 8.59. The number of furan rings is 1. The summed E-state index contributed by atoms with van der Waals surface area (Å²) >= 11 is 0. The minimum absolute atomic E-state index is 0.0984. The molecule has 12 heavy (non-hydrogen) atoms. The van der Waals surface area contributed by atoms with Crippen LogP contribution in [0.4, 0.5) is 0 Å². The first-order valence-electron chi connectivity index (χ1n) is 3.65. The van der Waals surface area contributed by atoms with Gasteiger partial charge in [0.25, 0.3) is 0 Å². The van der Waals surface area contributed by atoms with E-state index in [1.54, 1.807) is 12.3 Å². The fraction of sp³-hybridized carbons (Fsp3) is 0.333. The van der Waals surface area contributed by atoms with Gasteiger partial charge in [-0.15, -0.1) is 0 Å². The Labute approximate surface area is 70.6 Å². The van der Waals surface area contributed by atoms with Crippen LogP contribution in [0.25, 0.3) is 0 Å². The average Bonchev–Trinajstić information content (AvgIpc) is 2.51. The molecule has 0 spiro atoms. The molecular weight excluding hydrogens is 154 g/mol. The molecule has 0 saturated carbocycles. The van der Waals surface area contributed by atoms with Crippen molar-refractivity contribution in [1.82, 2.24) is 0 Å². The van der Waals surface area contributed by atoms with Gasteiger partial charge in [0.1, 0.15) is 11.7 Å². The maximum atomic E-state index is 10.8. The Morgan fingerprint density at radius 1 is 1.83 bits per heavy atom. The number of nitriles is 1. The lowest BCUT2D eigenvalue weighted by molar-refractivity contribution is -0.119. The van der Waals surface area contributed by atoms with Crippen LogP contribution in [0.3, 0.4) is 0 Å². The Hall–Kier alpha value is -1.56. The number of Topliss-reactive ketones (excluding diaryl/α,β-unsaturated/α-hetero) is 1. The molecule has 0 N–H and O–H groups in total. The molecule has 0 bridgehead atoms. The van der Waals surface area contributed by atoms with Crippen molar-refractivity contribution in [1.29, 1.82) is 5.26 Å². The van der Waals surface area contributed by atoms with E-state index in [2.05, 4.69) is 0 Å². The fourth-order valence-electron chi connectivity index (χ4n) is 0.925. The maximum Gasteiger partial charge on any atom is 0.147 e. The quantitative estimate of drug-likeness (QED) is 0.679. The summed E-state index contributed by atoms with van der Waals surface area (Å²) in [7, 11) is 0. The van der Waals surface area contributed by atoms with Crippen molar-refractivity contribution in [3.63, 3.8) is 0 Å². The zero-order chi connectivity index (χ0) is 8.97. The van der Waals surface area contributed by atoms with Gasteiger partial charge < -0.3 is 4.42 Å². The number of ketones is 1. The van der Waals surface area contributed by atoms with Crippen LogP contribution >= 0.6 is 0 Å². The smallest absolute Gasteiger partial charge is 0.147 e. The largest absolute Gasteiger partial charge is 0.472 e. The van der Waals surface area contributed by atoms with Crippen molar-refractivity contribution in [3.8, 4) is 6.07 Å². The molecule has 1 heterocycles. The van der Waals surface area contributed by atoms with Crippen molar-refractivity contribution in [2.75, 3.05) is 0 Å². The molecule has 0 aliphatic rings. The zero-order valence-electron chi connectivity index (χ0n) is 6.78. The Morgan fingerprint density at radius 2 is 2.58 bits per heavy atom. The molecule has 1 rings (SSSR count). The highest BCUT2D eigenvalue weighted by atomic mass is 16.3. The topological polar surface area (TPSA) is 54.0 Å². The molecule has 1 atom stereocenters. The molecule has 0 aliphatic carbocycles. The first kappa shape index (κ1) is 8.54. The van der Waals surface area contributed by atoms with Gasteiger partial charge in [0.2, 0.25) is 0 Å².